The first kappa shape index (κ1) is 18.2. The molecule has 1 fully saturated rings. The molecule has 0 spiro atoms. The zero-order chi connectivity index (χ0) is 17.6. The number of hydrogen-bond donors (Lipinski definition) is 1. The molecule has 0 bridgehead atoms. The Hall–Kier alpha value is -1.62. The van der Waals surface area contributed by atoms with E-state index >= 15 is 0 Å². The van der Waals surface area contributed by atoms with E-state index in [1.54, 1.807) is 18.5 Å². The van der Waals surface area contributed by atoms with Crippen LogP contribution in [0.1, 0.15) is 24.0 Å². The number of carbonyl (C=O) groups is 1. The molecule has 2 aromatic rings. The summed E-state index contributed by atoms with van der Waals surface area (Å²) in [4.78, 5) is 18.8. The Morgan fingerprint density at radius 3 is 2.96 bits per heavy atom. The minimum absolute atomic E-state index is 0.0106. The van der Waals surface area contributed by atoms with Gasteiger partial charge < -0.3 is 5.32 Å². The van der Waals surface area contributed by atoms with E-state index in [1.165, 1.54) is 0 Å². The van der Waals surface area contributed by atoms with Crippen LogP contribution >= 0.6 is 23.2 Å². The highest BCUT2D eigenvalue weighted by atomic mass is 35.5. The fourth-order valence-corrected chi connectivity index (χ4v) is 3.61. The molecular weight excluding hydrogens is 357 g/mol. The SMILES string of the molecule is O=C(NCc1cccnc1)C1CCCN(Cc2ccc(Cl)cc2Cl)C1. The molecule has 25 heavy (non-hydrogen) atoms. The van der Waals surface area contributed by atoms with Crippen LogP contribution in [0.3, 0.4) is 0 Å². The van der Waals surface area contributed by atoms with Gasteiger partial charge in [0, 0.05) is 42.1 Å². The summed E-state index contributed by atoms with van der Waals surface area (Å²) in [6.07, 6.45) is 5.43. The normalized spacial score (nSPS) is 18.1. The van der Waals surface area contributed by atoms with Crippen molar-refractivity contribution in [3.05, 3.63) is 63.9 Å². The molecule has 1 atom stereocenters. The number of likely N-dealkylation sites (tertiary alicyclic amines) is 1. The van der Waals surface area contributed by atoms with Gasteiger partial charge in [0.15, 0.2) is 0 Å². The number of piperidine rings is 1. The first-order chi connectivity index (χ1) is 12.1. The number of pyridine rings is 1. The number of carbonyl (C=O) groups excluding carboxylic acids is 1. The van der Waals surface area contributed by atoms with Gasteiger partial charge >= 0.3 is 0 Å². The highest BCUT2D eigenvalue weighted by molar-refractivity contribution is 6.35. The van der Waals surface area contributed by atoms with Crippen LogP contribution in [-0.4, -0.2) is 28.9 Å². The van der Waals surface area contributed by atoms with Crippen LogP contribution in [0.15, 0.2) is 42.7 Å². The van der Waals surface area contributed by atoms with Crippen molar-refractivity contribution in [2.45, 2.75) is 25.9 Å². The largest absolute Gasteiger partial charge is 0.352 e. The van der Waals surface area contributed by atoms with Gasteiger partial charge in [0.05, 0.1) is 5.92 Å². The number of hydrogen-bond acceptors (Lipinski definition) is 3. The molecule has 3 rings (SSSR count). The summed E-state index contributed by atoms with van der Waals surface area (Å²) in [7, 11) is 0. The van der Waals surface area contributed by atoms with Crippen LogP contribution in [0.2, 0.25) is 10.0 Å². The second-order valence-electron chi connectivity index (χ2n) is 6.39. The highest BCUT2D eigenvalue weighted by Gasteiger charge is 2.26. The van der Waals surface area contributed by atoms with Crippen LogP contribution in [0.5, 0.6) is 0 Å². The van der Waals surface area contributed by atoms with Crippen molar-refractivity contribution in [2.75, 3.05) is 13.1 Å². The van der Waals surface area contributed by atoms with Crippen LogP contribution in [0.25, 0.3) is 0 Å². The first-order valence-electron chi connectivity index (χ1n) is 8.45. The monoisotopic (exact) mass is 377 g/mol. The summed E-state index contributed by atoms with van der Waals surface area (Å²) in [5, 5.41) is 4.34. The summed E-state index contributed by atoms with van der Waals surface area (Å²) >= 11 is 12.2. The summed E-state index contributed by atoms with van der Waals surface area (Å²) in [6, 6.07) is 9.41. The molecule has 1 N–H and O–H groups in total. The van der Waals surface area contributed by atoms with Crippen LogP contribution in [-0.2, 0) is 17.9 Å². The lowest BCUT2D eigenvalue weighted by Gasteiger charge is -2.32. The Morgan fingerprint density at radius 1 is 1.32 bits per heavy atom. The molecule has 1 saturated heterocycles. The van der Waals surface area contributed by atoms with E-state index in [0.717, 1.165) is 43.6 Å². The molecule has 1 aromatic heterocycles. The Kier molecular flexibility index (Phi) is 6.29. The predicted octanol–water partition coefficient (Wildman–Crippen LogP) is 3.92. The lowest BCUT2D eigenvalue weighted by Crippen LogP contribution is -2.42. The van der Waals surface area contributed by atoms with Crippen LogP contribution in [0, 0.1) is 5.92 Å². The van der Waals surface area contributed by atoms with Gasteiger partial charge in [0.2, 0.25) is 5.91 Å². The molecule has 1 amide bonds. The van der Waals surface area contributed by atoms with E-state index in [9.17, 15) is 4.79 Å². The molecule has 2 heterocycles. The second kappa shape index (κ2) is 8.65. The smallest absolute Gasteiger partial charge is 0.224 e. The van der Waals surface area contributed by atoms with Gasteiger partial charge in [-0.15, -0.1) is 0 Å². The maximum Gasteiger partial charge on any atom is 0.224 e. The van der Waals surface area contributed by atoms with Gasteiger partial charge in [-0.1, -0.05) is 35.3 Å². The van der Waals surface area contributed by atoms with Crippen molar-refractivity contribution >= 4 is 29.1 Å². The van der Waals surface area contributed by atoms with E-state index < -0.39 is 0 Å². The molecule has 1 aliphatic heterocycles. The van der Waals surface area contributed by atoms with E-state index in [4.69, 9.17) is 23.2 Å². The molecule has 1 unspecified atom stereocenters. The average Bonchev–Trinajstić information content (AvgIpc) is 2.63. The molecule has 1 aliphatic rings. The Morgan fingerprint density at radius 2 is 2.20 bits per heavy atom. The number of nitrogens with one attached hydrogen (secondary N) is 1. The molecule has 0 radical (unpaired) electrons. The minimum atomic E-state index is 0.0106. The maximum absolute atomic E-state index is 12.5. The molecule has 1 aromatic carbocycles. The summed E-state index contributed by atoms with van der Waals surface area (Å²) in [6.45, 7) is 2.98. The van der Waals surface area contributed by atoms with Gasteiger partial charge in [-0.3, -0.25) is 14.7 Å². The second-order valence-corrected chi connectivity index (χ2v) is 7.23. The molecule has 4 nitrogen and oxygen atoms in total. The van der Waals surface area contributed by atoms with Gasteiger partial charge in [0.25, 0.3) is 0 Å². The first-order valence-corrected chi connectivity index (χ1v) is 9.20. The molecule has 0 aliphatic carbocycles. The quantitative estimate of drug-likeness (QED) is 0.858. The highest BCUT2D eigenvalue weighted by Crippen LogP contribution is 2.25. The van der Waals surface area contributed by atoms with Crippen molar-refractivity contribution in [1.82, 2.24) is 15.2 Å². The lowest BCUT2D eigenvalue weighted by atomic mass is 9.96. The zero-order valence-electron chi connectivity index (χ0n) is 13.9. The number of halogens is 2. The molecule has 132 valence electrons. The minimum Gasteiger partial charge on any atom is -0.352 e. The fraction of sp³-hybridized carbons (Fsp3) is 0.368. The third kappa shape index (κ3) is 5.18. The third-order valence-electron chi connectivity index (χ3n) is 4.47. The average molecular weight is 378 g/mol. The Bertz CT molecular complexity index is 724. The predicted molar refractivity (Wildman–Crippen MR) is 101 cm³/mol. The van der Waals surface area contributed by atoms with Crippen molar-refractivity contribution in [3.63, 3.8) is 0 Å². The maximum atomic E-state index is 12.5. The van der Waals surface area contributed by atoms with Gasteiger partial charge in [-0.2, -0.15) is 0 Å². The number of aromatic nitrogens is 1. The van der Waals surface area contributed by atoms with E-state index in [-0.39, 0.29) is 11.8 Å². The van der Waals surface area contributed by atoms with Crippen molar-refractivity contribution < 1.29 is 4.79 Å². The van der Waals surface area contributed by atoms with E-state index in [0.29, 0.717) is 16.6 Å². The van der Waals surface area contributed by atoms with Gasteiger partial charge in [0.1, 0.15) is 0 Å². The number of rotatable bonds is 5. The van der Waals surface area contributed by atoms with Crippen molar-refractivity contribution in [2.24, 2.45) is 5.92 Å². The summed E-state index contributed by atoms with van der Waals surface area (Å²) in [5.74, 6) is 0.118. The van der Waals surface area contributed by atoms with Crippen LogP contribution in [0.4, 0.5) is 0 Å². The number of benzene rings is 1. The lowest BCUT2D eigenvalue weighted by molar-refractivity contribution is -0.126. The summed E-state index contributed by atoms with van der Waals surface area (Å²) < 4.78 is 0. The van der Waals surface area contributed by atoms with Gasteiger partial charge in [-0.25, -0.2) is 0 Å². The van der Waals surface area contributed by atoms with Crippen molar-refractivity contribution in [3.8, 4) is 0 Å². The number of nitrogens with zero attached hydrogens (tertiary/aromatic N) is 2. The Labute approximate surface area is 158 Å². The fourth-order valence-electron chi connectivity index (χ4n) is 3.14. The van der Waals surface area contributed by atoms with E-state index in [2.05, 4.69) is 15.2 Å². The zero-order valence-corrected chi connectivity index (χ0v) is 15.4. The standard InChI is InChI=1S/C19H21Cl2N3O/c20-17-6-5-15(18(21)9-17)12-24-8-2-4-16(13-24)19(25)23-11-14-3-1-7-22-10-14/h1,3,5-7,9-10,16H,2,4,8,11-13H2,(H,23,25). The van der Waals surface area contributed by atoms with Gasteiger partial charge in [-0.05, 0) is 48.7 Å². The van der Waals surface area contributed by atoms with Crippen LogP contribution < -0.4 is 5.32 Å². The molecule has 6 heteroatoms. The number of amides is 1. The topological polar surface area (TPSA) is 45.2 Å². The van der Waals surface area contributed by atoms with E-state index in [1.807, 2.05) is 24.3 Å². The summed E-state index contributed by atoms with van der Waals surface area (Å²) in [5.41, 5.74) is 2.05. The molecular formula is C19H21Cl2N3O. The molecule has 0 saturated carbocycles. The Balaban J connectivity index is 1.54. The third-order valence-corrected chi connectivity index (χ3v) is 5.06. The van der Waals surface area contributed by atoms with Crippen molar-refractivity contribution in [1.29, 1.82) is 0 Å².